The molecule has 3 rings (SSSR count). The first-order chi connectivity index (χ1) is 15.1. The van der Waals surface area contributed by atoms with Crippen molar-refractivity contribution in [1.29, 1.82) is 0 Å². The molecule has 2 saturated heterocycles. The number of carbonyl (C=O) groups excluding carboxylic acids is 2. The van der Waals surface area contributed by atoms with Gasteiger partial charge in [-0.2, -0.15) is 0 Å². The number of imide groups is 1. The van der Waals surface area contributed by atoms with Crippen LogP contribution in [-0.2, 0) is 9.59 Å². The average molecular weight is 448 g/mol. The van der Waals surface area contributed by atoms with Crippen LogP contribution < -0.4 is 15.0 Å². The summed E-state index contributed by atoms with van der Waals surface area (Å²) in [6, 6.07) is 3.68. The fourth-order valence-corrected chi connectivity index (χ4v) is 3.95. The van der Waals surface area contributed by atoms with E-state index in [0.717, 1.165) is 45.0 Å². The SMILES string of the molecule is CC(C)(C)N(CCCN1CCN(c2ccc(OC3CCC(=O)NC3=O)cn2)CC1)C(=O)O. The third-order valence-corrected chi connectivity index (χ3v) is 5.78. The molecule has 2 aliphatic rings. The van der Waals surface area contributed by atoms with Gasteiger partial charge in [-0.3, -0.25) is 19.8 Å². The summed E-state index contributed by atoms with van der Waals surface area (Å²) in [4.78, 5) is 45.0. The molecule has 2 aliphatic heterocycles. The summed E-state index contributed by atoms with van der Waals surface area (Å²) >= 11 is 0. The van der Waals surface area contributed by atoms with Gasteiger partial charge in [-0.25, -0.2) is 9.78 Å². The molecule has 0 bridgehead atoms. The van der Waals surface area contributed by atoms with Crippen molar-refractivity contribution in [2.75, 3.05) is 44.2 Å². The molecule has 0 spiro atoms. The molecule has 3 amide bonds. The van der Waals surface area contributed by atoms with E-state index < -0.39 is 23.6 Å². The van der Waals surface area contributed by atoms with Gasteiger partial charge in [-0.05, 0) is 45.9 Å². The second-order valence-corrected chi connectivity index (χ2v) is 9.20. The zero-order valence-corrected chi connectivity index (χ0v) is 19.0. The molecule has 1 aromatic heterocycles. The quantitative estimate of drug-likeness (QED) is 0.605. The smallest absolute Gasteiger partial charge is 0.407 e. The van der Waals surface area contributed by atoms with Gasteiger partial charge in [0.05, 0.1) is 6.20 Å². The molecule has 3 heterocycles. The predicted octanol–water partition coefficient (Wildman–Crippen LogP) is 1.56. The largest absolute Gasteiger partial charge is 0.479 e. The van der Waals surface area contributed by atoms with Crippen molar-refractivity contribution in [2.45, 2.75) is 51.7 Å². The topological polar surface area (TPSA) is 115 Å². The predicted molar refractivity (Wildman–Crippen MR) is 119 cm³/mol. The Hall–Kier alpha value is -2.88. The Kier molecular flexibility index (Phi) is 7.55. The lowest BCUT2D eigenvalue weighted by atomic mass is 10.1. The van der Waals surface area contributed by atoms with Crippen LogP contribution in [0.15, 0.2) is 18.3 Å². The highest BCUT2D eigenvalue weighted by molar-refractivity contribution is 5.99. The summed E-state index contributed by atoms with van der Waals surface area (Å²) in [6.45, 7) is 10.6. The van der Waals surface area contributed by atoms with E-state index in [1.165, 1.54) is 4.90 Å². The van der Waals surface area contributed by atoms with Crippen LogP contribution in [0.4, 0.5) is 10.6 Å². The second-order valence-electron chi connectivity index (χ2n) is 9.20. The molecule has 32 heavy (non-hydrogen) atoms. The number of nitrogens with zero attached hydrogens (tertiary/aromatic N) is 4. The first-order valence-corrected chi connectivity index (χ1v) is 11.1. The Morgan fingerprint density at radius 2 is 1.97 bits per heavy atom. The van der Waals surface area contributed by atoms with Gasteiger partial charge >= 0.3 is 6.09 Å². The minimum absolute atomic E-state index is 0.268. The number of piperidine rings is 1. The number of pyridine rings is 1. The Morgan fingerprint density at radius 1 is 1.25 bits per heavy atom. The lowest BCUT2D eigenvalue weighted by Gasteiger charge is -2.37. The summed E-state index contributed by atoms with van der Waals surface area (Å²) in [5, 5.41) is 11.7. The molecule has 1 atom stereocenters. The van der Waals surface area contributed by atoms with Crippen molar-refractivity contribution in [1.82, 2.24) is 20.1 Å². The summed E-state index contributed by atoms with van der Waals surface area (Å²) in [5.74, 6) is 0.681. The van der Waals surface area contributed by atoms with Gasteiger partial charge in [-0.15, -0.1) is 0 Å². The zero-order chi connectivity index (χ0) is 23.3. The minimum atomic E-state index is -0.876. The monoisotopic (exact) mass is 447 g/mol. The highest BCUT2D eigenvalue weighted by atomic mass is 16.5. The van der Waals surface area contributed by atoms with Gasteiger partial charge in [0, 0.05) is 51.1 Å². The Balaban J connectivity index is 1.42. The lowest BCUT2D eigenvalue weighted by Crippen LogP contribution is -2.49. The fourth-order valence-electron chi connectivity index (χ4n) is 3.95. The Labute approximate surface area is 188 Å². The molecule has 0 saturated carbocycles. The zero-order valence-electron chi connectivity index (χ0n) is 19.0. The fraction of sp³-hybridized carbons (Fsp3) is 0.636. The molecule has 1 aromatic rings. The number of ether oxygens (including phenoxy) is 1. The average Bonchev–Trinajstić information content (AvgIpc) is 2.73. The molecule has 2 fully saturated rings. The van der Waals surface area contributed by atoms with E-state index >= 15 is 0 Å². The number of piperazine rings is 1. The number of carboxylic acid groups (broad SMARTS) is 1. The number of rotatable bonds is 7. The van der Waals surface area contributed by atoms with Crippen molar-refractivity contribution < 1.29 is 24.2 Å². The molecule has 176 valence electrons. The number of carbonyl (C=O) groups is 3. The molecule has 2 N–H and O–H groups in total. The molecule has 10 heteroatoms. The van der Waals surface area contributed by atoms with Crippen molar-refractivity contribution in [2.24, 2.45) is 0 Å². The Morgan fingerprint density at radius 3 is 2.53 bits per heavy atom. The summed E-state index contributed by atoms with van der Waals surface area (Å²) < 4.78 is 5.68. The molecule has 0 aromatic carbocycles. The van der Waals surface area contributed by atoms with Crippen molar-refractivity contribution >= 4 is 23.7 Å². The van der Waals surface area contributed by atoms with E-state index in [2.05, 4.69) is 20.1 Å². The van der Waals surface area contributed by atoms with E-state index in [1.807, 2.05) is 26.8 Å². The first-order valence-electron chi connectivity index (χ1n) is 11.1. The highest BCUT2D eigenvalue weighted by Gasteiger charge is 2.28. The van der Waals surface area contributed by atoms with Gasteiger partial charge in [0.25, 0.3) is 5.91 Å². The summed E-state index contributed by atoms with van der Waals surface area (Å²) in [7, 11) is 0. The third kappa shape index (κ3) is 6.32. The van der Waals surface area contributed by atoms with Gasteiger partial charge in [0.15, 0.2) is 6.10 Å². The van der Waals surface area contributed by atoms with Gasteiger partial charge < -0.3 is 19.6 Å². The van der Waals surface area contributed by atoms with Crippen LogP contribution in [0.25, 0.3) is 0 Å². The lowest BCUT2D eigenvalue weighted by molar-refractivity contribution is -0.138. The van der Waals surface area contributed by atoms with Crippen LogP contribution in [0.1, 0.15) is 40.0 Å². The number of anilines is 1. The standard InChI is InChI=1S/C22H33N5O5/c1-22(2,3)27(21(30)31)10-4-9-25-11-13-26(14-12-25)18-7-5-16(15-23-18)32-17-6-8-19(28)24-20(17)29/h5,7,15,17H,4,6,8-14H2,1-3H3,(H,30,31)(H,24,28,29). The maximum Gasteiger partial charge on any atom is 0.407 e. The molecular formula is C22H33N5O5. The normalized spacial score (nSPS) is 20.1. The maximum atomic E-state index is 11.8. The molecule has 1 unspecified atom stereocenters. The van der Waals surface area contributed by atoms with Crippen LogP contribution in [0.3, 0.4) is 0 Å². The van der Waals surface area contributed by atoms with E-state index in [0.29, 0.717) is 18.7 Å². The highest BCUT2D eigenvalue weighted by Crippen LogP contribution is 2.20. The van der Waals surface area contributed by atoms with Gasteiger partial charge in [0.1, 0.15) is 11.6 Å². The van der Waals surface area contributed by atoms with E-state index in [9.17, 15) is 19.5 Å². The van der Waals surface area contributed by atoms with Crippen LogP contribution >= 0.6 is 0 Å². The van der Waals surface area contributed by atoms with Crippen LogP contribution in [-0.4, -0.2) is 88.7 Å². The summed E-state index contributed by atoms with van der Waals surface area (Å²) in [5.41, 5.74) is -0.399. The first kappa shape index (κ1) is 23.8. The van der Waals surface area contributed by atoms with E-state index in [4.69, 9.17) is 4.74 Å². The summed E-state index contributed by atoms with van der Waals surface area (Å²) in [6.07, 6.45) is 1.51. The van der Waals surface area contributed by atoms with Gasteiger partial charge in [0.2, 0.25) is 5.91 Å². The van der Waals surface area contributed by atoms with Crippen LogP contribution in [0, 0.1) is 0 Å². The number of amides is 3. The number of aromatic nitrogens is 1. The Bertz CT molecular complexity index is 815. The van der Waals surface area contributed by atoms with Crippen molar-refractivity contribution in [3.63, 3.8) is 0 Å². The van der Waals surface area contributed by atoms with E-state index in [1.54, 1.807) is 12.3 Å². The van der Waals surface area contributed by atoms with Crippen LogP contribution in [0.2, 0.25) is 0 Å². The molecule has 10 nitrogen and oxygen atoms in total. The molecule has 0 radical (unpaired) electrons. The van der Waals surface area contributed by atoms with Crippen molar-refractivity contribution in [3.8, 4) is 5.75 Å². The molecule has 0 aliphatic carbocycles. The second kappa shape index (κ2) is 10.2. The minimum Gasteiger partial charge on any atom is -0.479 e. The van der Waals surface area contributed by atoms with Crippen molar-refractivity contribution in [3.05, 3.63) is 18.3 Å². The van der Waals surface area contributed by atoms with E-state index in [-0.39, 0.29) is 12.3 Å². The maximum absolute atomic E-state index is 11.8. The van der Waals surface area contributed by atoms with Gasteiger partial charge in [-0.1, -0.05) is 0 Å². The number of hydrogen-bond donors (Lipinski definition) is 2. The van der Waals surface area contributed by atoms with Crippen LogP contribution in [0.5, 0.6) is 5.75 Å². The number of hydrogen-bond acceptors (Lipinski definition) is 7. The third-order valence-electron chi connectivity index (χ3n) is 5.78. The molecular weight excluding hydrogens is 414 g/mol. The number of nitrogens with one attached hydrogen (secondary N) is 1.